The van der Waals surface area contributed by atoms with Gasteiger partial charge in [-0.1, -0.05) is 19.9 Å². The van der Waals surface area contributed by atoms with Crippen LogP contribution in [-0.4, -0.2) is 27.2 Å². The van der Waals surface area contributed by atoms with Crippen molar-refractivity contribution in [3.05, 3.63) is 30.2 Å². The molecule has 17 heavy (non-hydrogen) atoms. The molecule has 0 bridgehead atoms. The highest BCUT2D eigenvalue weighted by Crippen LogP contribution is 2.04. The summed E-state index contributed by atoms with van der Waals surface area (Å²) in [6.45, 7) is 7.61. The SMILES string of the molecule is CC(C)C(C)NCCc1nnc2ccccn12. The molecule has 0 fully saturated rings. The Bertz CT molecular complexity index is 475. The summed E-state index contributed by atoms with van der Waals surface area (Å²) in [7, 11) is 0. The number of pyridine rings is 1. The third kappa shape index (κ3) is 2.82. The van der Waals surface area contributed by atoms with E-state index in [1.54, 1.807) is 0 Å². The molecule has 1 unspecified atom stereocenters. The highest BCUT2D eigenvalue weighted by atomic mass is 15.2. The van der Waals surface area contributed by atoms with E-state index in [2.05, 4.69) is 36.3 Å². The Morgan fingerprint density at radius 3 is 2.82 bits per heavy atom. The Hall–Kier alpha value is -1.42. The standard InChI is InChI=1S/C13H20N4/c1-10(2)11(3)14-8-7-13-16-15-12-6-4-5-9-17(12)13/h4-6,9-11,14H,7-8H2,1-3H3. The lowest BCUT2D eigenvalue weighted by Gasteiger charge is -2.16. The van der Waals surface area contributed by atoms with Crippen molar-refractivity contribution in [1.29, 1.82) is 0 Å². The predicted octanol–water partition coefficient (Wildman–Crippen LogP) is 1.91. The molecule has 0 saturated heterocycles. The highest BCUT2D eigenvalue weighted by molar-refractivity contribution is 5.36. The van der Waals surface area contributed by atoms with Crippen LogP contribution in [0.2, 0.25) is 0 Å². The smallest absolute Gasteiger partial charge is 0.160 e. The third-order valence-corrected chi connectivity index (χ3v) is 3.20. The largest absolute Gasteiger partial charge is 0.314 e. The molecule has 0 aliphatic carbocycles. The first-order valence-electron chi connectivity index (χ1n) is 6.20. The summed E-state index contributed by atoms with van der Waals surface area (Å²) in [5.41, 5.74) is 0.916. The van der Waals surface area contributed by atoms with E-state index in [-0.39, 0.29) is 0 Å². The fourth-order valence-corrected chi connectivity index (χ4v) is 1.71. The van der Waals surface area contributed by atoms with Gasteiger partial charge >= 0.3 is 0 Å². The van der Waals surface area contributed by atoms with Crippen molar-refractivity contribution < 1.29 is 0 Å². The molecule has 2 rings (SSSR count). The first-order chi connectivity index (χ1) is 8.18. The van der Waals surface area contributed by atoms with Crippen molar-refractivity contribution in [2.24, 2.45) is 5.92 Å². The number of fused-ring (bicyclic) bond motifs is 1. The molecule has 0 aromatic carbocycles. The molecular formula is C13H20N4. The van der Waals surface area contributed by atoms with Crippen LogP contribution >= 0.6 is 0 Å². The van der Waals surface area contributed by atoms with Crippen LogP contribution in [0.1, 0.15) is 26.6 Å². The van der Waals surface area contributed by atoms with E-state index in [0.717, 1.165) is 24.4 Å². The summed E-state index contributed by atoms with van der Waals surface area (Å²) in [6.07, 6.45) is 2.92. The van der Waals surface area contributed by atoms with Crippen LogP contribution < -0.4 is 5.32 Å². The lowest BCUT2D eigenvalue weighted by atomic mass is 10.1. The van der Waals surface area contributed by atoms with Crippen molar-refractivity contribution in [2.45, 2.75) is 33.2 Å². The van der Waals surface area contributed by atoms with Crippen LogP contribution in [0.4, 0.5) is 0 Å². The molecule has 2 aromatic rings. The molecule has 0 aliphatic rings. The Kier molecular flexibility index (Phi) is 3.74. The van der Waals surface area contributed by atoms with Crippen LogP contribution in [0.5, 0.6) is 0 Å². The van der Waals surface area contributed by atoms with Crippen LogP contribution in [0.15, 0.2) is 24.4 Å². The van der Waals surface area contributed by atoms with E-state index in [4.69, 9.17) is 0 Å². The second-order valence-corrected chi connectivity index (χ2v) is 4.78. The van der Waals surface area contributed by atoms with Gasteiger partial charge in [0, 0.05) is 25.2 Å². The molecule has 4 nitrogen and oxygen atoms in total. The molecule has 0 radical (unpaired) electrons. The lowest BCUT2D eigenvalue weighted by Crippen LogP contribution is -2.32. The van der Waals surface area contributed by atoms with E-state index in [9.17, 15) is 0 Å². The maximum atomic E-state index is 4.21. The van der Waals surface area contributed by atoms with Gasteiger partial charge < -0.3 is 5.32 Å². The second-order valence-electron chi connectivity index (χ2n) is 4.78. The number of hydrogen-bond acceptors (Lipinski definition) is 3. The Morgan fingerprint density at radius 1 is 1.24 bits per heavy atom. The number of nitrogens with one attached hydrogen (secondary N) is 1. The normalized spacial score (nSPS) is 13.4. The lowest BCUT2D eigenvalue weighted by molar-refractivity contribution is 0.428. The van der Waals surface area contributed by atoms with Gasteiger partial charge in [0.1, 0.15) is 5.82 Å². The van der Waals surface area contributed by atoms with Gasteiger partial charge in [-0.05, 0) is 25.0 Å². The minimum atomic E-state index is 0.536. The van der Waals surface area contributed by atoms with Gasteiger partial charge in [0.2, 0.25) is 0 Å². The molecule has 1 N–H and O–H groups in total. The molecule has 0 aliphatic heterocycles. The van der Waals surface area contributed by atoms with Gasteiger partial charge in [-0.3, -0.25) is 4.40 Å². The fourth-order valence-electron chi connectivity index (χ4n) is 1.71. The van der Waals surface area contributed by atoms with Crippen molar-refractivity contribution in [3.63, 3.8) is 0 Å². The Labute approximate surface area is 102 Å². The zero-order valence-electron chi connectivity index (χ0n) is 10.7. The van der Waals surface area contributed by atoms with Crippen LogP contribution in [-0.2, 0) is 6.42 Å². The number of aromatic nitrogens is 3. The van der Waals surface area contributed by atoms with E-state index < -0.39 is 0 Å². The van der Waals surface area contributed by atoms with Crippen molar-refractivity contribution >= 4 is 5.65 Å². The summed E-state index contributed by atoms with van der Waals surface area (Å²) in [6, 6.07) is 6.49. The molecular weight excluding hydrogens is 212 g/mol. The molecule has 2 heterocycles. The molecule has 4 heteroatoms. The summed E-state index contributed by atoms with van der Waals surface area (Å²) in [5.74, 6) is 1.68. The number of rotatable bonds is 5. The summed E-state index contributed by atoms with van der Waals surface area (Å²) in [4.78, 5) is 0. The third-order valence-electron chi connectivity index (χ3n) is 3.20. The zero-order valence-corrected chi connectivity index (χ0v) is 10.7. The van der Waals surface area contributed by atoms with Gasteiger partial charge in [-0.15, -0.1) is 10.2 Å². The monoisotopic (exact) mass is 232 g/mol. The first kappa shape index (κ1) is 12.0. The quantitative estimate of drug-likeness (QED) is 0.856. The van der Waals surface area contributed by atoms with Gasteiger partial charge in [-0.2, -0.15) is 0 Å². The van der Waals surface area contributed by atoms with Crippen molar-refractivity contribution in [1.82, 2.24) is 19.9 Å². The average Bonchev–Trinajstić information content (AvgIpc) is 2.72. The van der Waals surface area contributed by atoms with Crippen LogP contribution in [0, 0.1) is 5.92 Å². The van der Waals surface area contributed by atoms with Crippen molar-refractivity contribution in [2.75, 3.05) is 6.54 Å². The Morgan fingerprint density at radius 2 is 2.06 bits per heavy atom. The maximum Gasteiger partial charge on any atom is 0.160 e. The highest BCUT2D eigenvalue weighted by Gasteiger charge is 2.07. The minimum absolute atomic E-state index is 0.536. The second kappa shape index (κ2) is 5.27. The average molecular weight is 232 g/mol. The molecule has 92 valence electrons. The molecule has 2 aromatic heterocycles. The van der Waals surface area contributed by atoms with Crippen LogP contribution in [0.25, 0.3) is 5.65 Å². The fraction of sp³-hybridized carbons (Fsp3) is 0.538. The number of nitrogens with zero attached hydrogens (tertiary/aromatic N) is 3. The zero-order chi connectivity index (χ0) is 12.3. The summed E-state index contributed by atoms with van der Waals surface area (Å²) in [5, 5.41) is 11.9. The number of hydrogen-bond donors (Lipinski definition) is 1. The van der Waals surface area contributed by atoms with E-state index >= 15 is 0 Å². The summed E-state index contributed by atoms with van der Waals surface area (Å²) < 4.78 is 2.04. The Balaban J connectivity index is 1.95. The van der Waals surface area contributed by atoms with Crippen molar-refractivity contribution in [3.8, 4) is 0 Å². The van der Waals surface area contributed by atoms with E-state index in [0.29, 0.717) is 12.0 Å². The van der Waals surface area contributed by atoms with Gasteiger partial charge in [-0.25, -0.2) is 0 Å². The van der Waals surface area contributed by atoms with E-state index in [1.165, 1.54) is 0 Å². The minimum Gasteiger partial charge on any atom is -0.314 e. The van der Waals surface area contributed by atoms with E-state index in [1.807, 2.05) is 28.8 Å². The van der Waals surface area contributed by atoms with Gasteiger partial charge in [0.15, 0.2) is 5.65 Å². The topological polar surface area (TPSA) is 42.2 Å². The van der Waals surface area contributed by atoms with Gasteiger partial charge in [0.05, 0.1) is 0 Å². The van der Waals surface area contributed by atoms with Crippen LogP contribution in [0.3, 0.4) is 0 Å². The summed E-state index contributed by atoms with van der Waals surface area (Å²) >= 11 is 0. The first-order valence-corrected chi connectivity index (χ1v) is 6.20. The molecule has 0 saturated carbocycles. The molecule has 1 atom stereocenters. The molecule has 0 spiro atoms. The predicted molar refractivity (Wildman–Crippen MR) is 69.0 cm³/mol. The molecule has 0 amide bonds. The van der Waals surface area contributed by atoms with Gasteiger partial charge in [0.25, 0.3) is 0 Å². The maximum absolute atomic E-state index is 4.21.